The summed E-state index contributed by atoms with van der Waals surface area (Å²) >= 11 is 0. The van der Waals surface area contributed by atoms with E-state index >= 15 is 0 Å². The smallest absolute Gasteiger partial charge is 0.255 e. The minimum absolute atomic E-state index is 0.0684. The first kappa shape index (κ1) is 16.4. The Morgan fingerprint density at radius 3 is 2.35 bits per heavy atom. The molecule has 2 aliphatic rings. The van der Waals surface area contributed by atoms with Gasteiger partial charge in [-0.2, -0.15) is 0 Å². The summed E-state index contributed by atoms with van der Waals surface area (Å²) in [5.41, 5.74) is -0.0684. The second-order valence-corrected chi connectivity index (χ2v) is 8.40. The van der Waals surface area contributed by atoms with Crippen molar-refractivity contribution in [2.75, 3.05) is 19.3 Å². The molecule has 1 saturated heterocycles. The Kier molecular flexibility index (Phi) is 4.42. The molecule has 0 radical (unpaired) electrons. The third-order valence-electron chi connectivity index (χ3n) is 4.40. The lowest BCUT2D eigenvalue weighted by Gasteiger charge is -2.33. The van der Waals surface area contributed by atoms with Crippen LogP contribution in [0.15, 0.2) is 23.1 Å². The highest BCUT2D eigenvalue weighted by atomic mass is 32.2. The van der Waals surface area contributed by atoms with E-state index in [-0.39, 0.29) is 10.5 Å². The normalized spacial score (nSPS) is 19.8. The van der Waals surface area contributed by atoms with Gasteiger partial charge in [0.25, 0.3) is 5.91 Å². The molecule has 1 aliphatic carbocycles. The predicted octanol–water partition coefficient (Wildman–Crippen LogP) is 1.59. The summed E-state index contributed by atoms with van der Waals surface area (Å²) in [6.07, 6.45) is 5.15. The van der Waals surface area contributed by atoms with Gasteiger partial charge < -0.3 is 10.2 Å². The maximum absolute atomic E-state index is 13.5. The number of benzene rings is 1. The highest BCUT2D eigenvalue weighted by Gasteiger charge is 2.30. The molecule has 1 N–H and O–H groups in total. The standard InChI is InChI=1S/C16H21FN2O3S/c1-23(21,22)15-5-2-11(17)10-14(15)16(20)19-8-6-13(7-9-19)18-12-3-4-12/h2,5,10,12-13,18H,3-4,6-9H2,1H3. The van der Waals surface area contributed by atoms with Crippen molar-refractivity contribution < 1.29 is 17.6 Å². The minimum atomic E-state index is -3.58. The van der Waals surface area contributed by atoms with E-state index in [2.05, 4.69) is 5.32 Å². The van der Waals surface area contributed by atoms with Crippen LogP contribution >= 0.6 is 0 Å². The number of carbonyl (C=O) groups is 1. The Balaban J connectivity index is 1.74. The van der Waals surface area contributed by atoms with E-state index < -0.39 is 21.6 Å². The van der Waals surface area contributed by atoms with Gasteiger partial charge in [-0.05, 0) is 43.9 Å². The fraction of sp³-hybridized carbons (Fsp3) is 0.562. The molecule has 1 amide bonds. The van der Waals surface area contributed by atoms with Gasteiger partial charge in [0.1, 0.15) is 5.82 Å². The lowest BCUT2D eigenvalue weighted by atomic mass is 10.0. The number of hydrogen-bond donors (Lipinski definition) is 1. The Labute approximate surface area is 135 Å². The summed E-state index contributed by atoms with van der Waals surface area (Å²) in [5.74, 6) is -1.01. The first-order valence-electron chi connectivity index (χ1n) is 7.89. The van der Waals surface area contributed by atoms with Gasteiger partial charge in [-0.1, -0.05) is 0 Å². The van der Waals surface area contributed by atoms with Crippen LogP contribution in [0.2, 0.25) is 0 Å². The van der Waals surface area contributed by atoms with Crippen LogP contribution in [-0.2, 0) is 9.84 Å². The van der Waals surface area contributed by atoms with Gasteiger partial charge in [-0.3, -0.25) is 4.79 Å². The van der Waals surface area contributed by atoms with Gasteiger partial charge in [0.2, 0.25) is 0 Å². The average Bonchev–Trinajstić information content (AvgIpc) is 3.30. The quantitative estimate of drug-likeness (QED) is 0.845. The fourth-order valence-electron chi connectivity index (χ4n) is 3.00. The number of piperidine rings is 1. The molecular weight excluding hydrogens is 319 g/mol. The molecule has 1 aliphatic heterocycles. The zero-order valence-corrected chi connectivity index (χ0v) is 13.9. The molecule has 2 fully saturated rings. The zero-order chi connectivity index (χ0) is 16.6. The van der Waals surface area contributed by atoms with Gasteiger partial charge in [-0.25, -0.2) is 12.8 Å². The number of likely N-dealkylation sites (tertiary alicyclic amines) is 1. The predicted molar refractivity (Wildman–Crippen MR) is 84.6 cm³/mol. The second-order valence-electron chi connectivity index (χ2n) is 6.42. The van der Waals surface area contributed by atoms with Crippen molar-refractivity contribution >= 4 is 15.7 Å². The van der Waals surface area contributed by atoms with Crippen molar-refractivity contribution in [3.8, 4) is 0 Å². The van der Waals surface area contributed by atoms with Crippen LogP contribution in [0.4, 0.5) is 4.39 Å². The van der Waals surface area contributed by atoms with Crippen LogP contribution in [0.25, 0.3) is 0 Å². The third kappa shape index (κ3) is 3.90. The minimum Gasteiger partial charge on any atom is -0.338 e. The molecule has 0 unspecified atom stereocenters. The van der Waals surface area contributed by atoms with E-state index in [9.17, 15) is 17.6 Å². The molecule has 0 bridgehead atoms. The Hall–Kier alpha value is -1.47. The van der Waals surface area contributed by atoms with Crippen molar-refractivity contribution in [2.24, 2.45) is 0 Å². The Morgan fingerprint density at radius 1 is 1.17 bits per heavy atom. The van der Waals surface area contributed by atoms with E-state index in [1.54, 1.807) is 4.90 Å². The van der Waals surface area contributed by atoms with Gasteiger partial charge in [-0.15, -0.1) is 0 Å². The number of hydrogen-bond acceptors (Lipinski definition) is 4. The fourth-order valence-corrected chi connectivity index (χ4v) is 3.86. The van der Waals surface area contributed by atoms with Crippen molar-refractivity contribution in [3.05, 3.63) is 29.6 Å². The monoisotopic (exact) mass is 340 g/mol. The van der Waals surface area contributed by atoms with Crippen LogP contribution in [-0.4, -0.2) is 50.7 Å². The maximum Gasteiger partial charge on any atom is 0.255 e. The van der Waals surface area contributed by atoms with Crippen molar-refractivity contribution in [3.63, 3.8) is 0 Å². The number of carbonyl (C=O) groups excluding carboxylic acids is 1. The van der Waals surface area contributed by atoms with Gasteiger partial charge in [0, 0.05) is 31.4 Å². The van der Waals surface area contributed by atoms with Crippen LogP contribution in [0.3, 0.4) is 0 Å². The molecule has 0 atom stereocenters. The number of sulfone groups is 1. The topological polar surface area (TPSA) is 66.5 Å². The number of halogens is 1. The summed E-state index contributed by atoms with van der Waals surface area (Å²) in [5, 5.41) is 3.54. The summed E-state index contributed by atoms with van der Waals surface area (Å²) < 4.78 is 37.2. The molecule has 0 spiro atoms. The molecule has 1 saturated carbocycles. The van der Waals surface area contributed by atoms with Crippen LogP contribution in [0.5, 0.6) is 0 Å². The highest BCUT2D eigenvalue weighted by molar-refractivity contribution is 7.90. The van der Waals surface area contributed by atoms with Gasteiger partial charge in [0.15, 0.2) is 9.84 Å². The molecule has 3 rings (SSSR count). The molecule has 0 aromatic heterocycles. The average molecular weight is 340 g/mol. The summed E-state index contributed by atoms with van der Waals surface area (Å²) in [7, 11) is -3.58. The summed E-state index contributed by atoms with van der Waals surface area (Å²) in [6, 6.07) is 4.29. The number of nitrogens with zero attached hydrogens (tertiary/aromatic N) is 1. The number of amides is 1. The summed E-state index contributed by atoms with van der Waals surface area (Å²) in [6.45, 7) is 1.12. The van der Waals surface area contributed by atoms with E-state index in [0.717, 1.165) is 31.2 Å². The number of nitrogens with one attached hydrogen (secondary N) is 1. The third-order valence-corrected chi connectivity index (χ3v) is 5.56. The Bertz CT molecular complexity index is 708. The molecular formula is C16H21FN2O3S. The Morgan fingerprint density at radius 2 is 1.78 bits per heavy atom. The zero-order valence-electron chi connectivity index (χ0n) is 13.1. The molecule has 5 nitrogen and oxygen atoms in total. The van der Waals surface area contributed by atoms with Gasteiger partial charge in [0.05, 0.1) is 10.5 Å². The molecule has 1 heterocycles. The lowest BCUT2D eigenvalue weighted by molar-refractivity contribution is 0.0700. The lowest BCUT2D eigenvalue weighted by Crippen LogP contribution is -2.45. The van der Waals surface area contributed by atoms with Crippen molar-refractivity contribution in [2.45, 2.75) is 42.7 Å². The van der Waals surface area contributed by atoms with Crippen molar-refractivity contribution in [1.82, 2.24) is 10.2 Å². The first-order chi connectivity index (χ1) is 10.8. The SMILES string of the molecule is CS(=O)(=O)c1ccc(F)cc1C(=O)N1CCC(NC2CC2)CC1. The second kappa shape index (κ2) is 6.20. The molecule has 126 valence electrons. The van der Waals surface area contributed by atoms with E-state index in [4.69, 9.17) is 0 Å². The molecule has 1 aromatic carbocycles. The largest absolute Gasteiger partial charge is 0.338 e. The molecule has 23 heavy (non-hydrogen) atoms. The van der Waals surface area contributed by atoms with Crippen LogP contribution in [0.1, 0.15) is 36.0 Å². The van der Waals surface area contributed by atoms with E-state index in [1.807, 2.05) is 0 Å². The van der Waals surface area contributed by atoms with E-state index in [1.165, 1.54) is 18.9 Å². The summed E-state index contributed by atoms with van der Waals surface area (Å²) in [4.78, 5) is 14.1. The molecule has 1 aromatic rings. The first-order valence-corrected chi connectivity index (χ1v) is 9.78. The number of rotatable bonds is 4. The maximum atomic E-state index is 13.5. The van der Waals surface area contributed by atoms with E-state index in [0.29, 0.717) is 25.2 Å². The van der Waals surface area contributed by atoms with Crippen LogP contribution < -0.4 is 5.32 Å². The van der Waals surface area contributed by atoms with Gasteiger partial charge >= 0.3 is 0 Å². The highest BCUT2D eigenvalue weighted by Crippen LogP contribution is 2.24. The van der Waals surface area contributed by atoms with Crippen molar-refractivity contribution in [1.29, 1.82) is 0 Å². The van der Waals surface area contributed by atoms with Crippen LogP contribution in [0, 0.1) is 5.82 Å². The molecule has 7 heteroatoms.